The number of nitrogens with one attached hydrogen (secondary N) is 1. The van der Waals surface area contributed by atoms with E-state index in [-0.39, 0.29) is 30.9 Å². The van der Waals surface area contributed by atoms with E-state index in [1.165, 1.54) is 0 Å². The molecule has 0 aliphatic carbocycles. The molecule has 2 aliphatic rings. The molecule has 0 aromatic heterocycles. The second-order valence-electron chi connectivity index (χ2n) is 7.68. The van der Waals surface area contributed by atoms with Crippen LogP contribution in [0.2, 0.25) is 0 Å². The monoisotopic (exact) mass is 454 g/mol. The van der Waals surface area contributed by atoms with E-state index in [4.69, 9.17) is 9.47 Å². The van der Waals surface area contributed by atoms with E-state index >= 15 is 0 Å². The Kier molecular flexibility index (Phi) is 10.2. The van der Waals surface area contributed by atoms with Crippen molar-refractivity contribution in [3.63, 3.8) is 0 Å². The highest BCUT2D eigenvalue weighted by atomic mass is 35.5. The van der Waals surface area contributed by atoms with Crippen LogP contribution in [0.4, 0.5) is 0 Å². The van der Waals surface area contributed by atoms with Gasteiger partial charge in [0.25, 0.3) is 0 Å². The molecule has 2 aromatic rings. The van der Waals surface area contributed by atoms with Crippen LogP contribution in [0.5, 0.6) is 11.5 Å². The quantitative estimate of drug-likeness (QED) is 0.685. The number of halogens is 2. The SMILES string of the molecule is Cl.Cl.Oc1cc(OCc2ccccc2)ccc1[C@H](C1CCOCC1)N1CCNCC1. The number of phenols is 1. The highest BCUT2D eigenvalue weighted by molar-refractivity contribution is 5.85. The average molecular weight is 455 g/mol. The molecule has 7 heteroatoms. The lowest BCUT2D eigenvalue weighted by molar-refractivity contribution is 0.0206. The van der Waals surface area contributed by atoms with Crippen molar-refractivity contribution in [1.29, 1.82) is 0 Å². The van der Waals surface area contributed by atoms with E-state index < -0.39 is 0 Å². The smallest absolute Gasteiger partial charge is 0.124 e. The van der Waals surface area contributed by atoms with Crippen molar-refractivity contribution in [3.8, 4) is 11.5 Å². The number of hydrogen-bond acceptors (Lipinski definition) is 5. The van der Waals surface area contributed by atoms with Crippen LogP contribution in [0.3, 0.4) is 0 Å². The summed E-state index contributed by atoms with van der Waals surface area (Å²) >= 11 is 0. The normalized spacial score (nSPS) is 18.7. The van der Waals surface area contributed by atoms with Crippen LogP contribution in [-0.4, -0.2) is 49.4 Å². The molecule has 0 amide bonds. The summed E-state index contributed by atoms with van der Waals surface area (Å²) in [5, 5.41) is 14.3. The number of ether oxygens (including phenoxy) is 2. The zero-order chi connectivity index (χ0) is 19.2. The summed E-state index contributed by atoms with van der Waals surface area (Å²) in [6.45, 7) is 6.14. The van der Waals surface area contributed by atoms with Crippen molar-refractivity contribution < 1.29 is 14.6 Å². The van der Waals surface area contributed by atoms with E-state index in [0.29, 0.717) is 24.0 Å². The molecule has 2 N–H and O–H groups in total. The molecule has 2 saturated heterocycles. The van der Waals surface area contributed by atoms with Crippen LogP contribution in [-0.2, 0) is 11.3 Å². The molecular weight excluding hydrogens is 423 g/mol. The molecule has 0 spiro atoms. The largest absolute Gasteiger partial charge is 0.507 e. The molecule has 2 heterocycles. The van der Waals surface area contributed by atoms with Gasteiger partial charge in [0.15, 0.2) is 0 Å². The van der Waals surface area contributed by atoms with Crippen LogP contribution in [0, 0.1) is 5.92 Å². The predicted octanol–water partition coefficient (Wildman–Crippen LogP) is 4.19. The highest BCUT2D eigenvalue weighted by Gasteiger charge is 2.32. The van der Waals surface area contributed by atoms with E-state index in [2.05, 4.69) is 16.3 Å². The summed E-state index contributed by atoms with van der Waals surface area (Å²) in [4.78, 5) is 2.52. The van der Waals surface area contributed by atoms with Gasteiger partial charge in [-0.05, 0) is 30.4 Å². The molecule has 0 unspecified atom stereocenters. The zero-order valence-electron chi connectivity index (χ0n) is 17.2. The Morgan fingerprint density at radius 2 is 1.73 bits per heavy atom. The van der Waals surface area contributed by atoms with E-state index in [9.17, 15) is 5.11 Å². The minimum absolute atomic E-state index is 0. The fourth-order valence-electron chi connectivity index (χ4n) is 4.34. The number of phenolic OH excluding ortho intramolecular Hbond substituents is 1. The van der Waals surface area contributed by atoms with E-state index in [0.717, 1.165) is 63.4 Å². The average Bonchev–Trinajstić information content (AvgIpc) is 2.76. The Morgan fingerprint density at radius 3 is 2.40 bits per heavy atom. The third-order valence-electron chi connectivity index (χ3n) is 5.83. The van der Waals surface area contributed by atoms with Crippen LogP contribution in [0.15, 0.2) is 48.5 Å². The van der Waals surface area contributed by atoms with Crippen molar-refractivity contribution in [1.82, 2.24) is 10.2 Å². The lowest BCUT2D eigenvalue weighted by Crippen LogP contribution is -2.47. The minimum atomic E-state index is 0. The molecule has 0 radical (unpaired) electrons. The number of rotatable bonds is 6. The van der Waals surface area contributed by atoms with Gasteiger partial charge in [0.05, 0.1) is 0 Å². The van der Waals surface area contributed by atoms with Crippen LogP contribution >= 0.6 is 24.8 Å². The molecule has 0 saturated carbocycles. The second kappa shape index (κ2) is 12.4. The number of piperazine rings is 1. The Balaban J connectivity index is 0.00000160. The maximum Gasteiger partial charge on any atom is 0.124 e. The number of aromatic hydroxyl groups is 1. The fourth-order valence-corrected chi connectivity index (χ4v) is 4.34. The third kappa shape index (κ3) is 6.25. The molecule has 2 aromatic carbocycles. The van der Waals surface area contributed by atoms with Gasteiger partial charge in [-0.3, -0.25) is 4.90 Å². The summed E-state index contributed by atoms with van der Waals surface area (Å²) < 4.78 is 11.5. The Labute approximate surface area is 191 Å². The first-order valence-corrected chi connectivity index (χ1v) is 10.3. The molecule has 4 rings (SSSR count). The van der Waals surface area contributed by atoms with Crippen molar-refractivity contribution in [3.05, 3.63) is 59.7 Å². The minimum Gasteiger partial charge on any atom is -0.507 e. The van der Waals surface area contributed by atoms with Crippen LogP contribution in [0.1, 0.15) is 30.0 Å². The molecule has 0 bridgehead atoms. The van der Waals surface area contributed by atoms with Gasteiger partial charge in [-0.2, -0.15) is 0 Å². The summed E-state index contributed by atoms with van der Waals surface area (Å²) in [5.74, 6) is 1.55. The van der Waals surface area contributed by atoms with Gasteiger partial charge in [-0.15, -0.1) is 24.8 Å². The summed E-state index contributed by atoms with van der Waals surface area (Å²) in [6.07, 6.45) is 2.08. The third-order valence-corrected chi connectivity index (χ3v) is 5.83. The van der Waals surface area contributed by atoms with Crippen LogP contribution in [0.25, 0.3) is 0 Å². The summed E-state index contributed by atoms with van der Waals surface area (Å²) in [5.41, 5.74) is 2.13. The van der Waals surface area contributed by atoms with Gasteiger partial charge in [0.1, 0.15) is 18.1 Å². The van der Waals surface area contributed by atoms with Crippen molar-refractivity contribution in [2.45, 2.75) is 25.5 Å². The van der Waals surface area contributed by atoms with Gasteiger partial charge in [-0.1, -0.05) is 36.4 Å². The summed E-state index contributed by atoms with van der Waals surface area (Å²) in [6, 6.07) is 16.1. The Hall–Kier alpha value is -1.50. The summed E-state index contributed by atoms with van der Waals surface area (Å²) in [7, 11) is 0. The Morgan fingerprint density at radius 1 is 1.03 bits per heavy atom. The zero-order valence-corrected chi connectivity index (χ0v) is 18.8. The van der Waals surface area contributed by atoms with Crippen molar-refractivity contribution in [2.75, 3.05) is 39.4 Å². The maximum atomic E-state index is 10.9. The van der Waals surface area contributed by atoms with Crippen molar-refractivity contribution >= 4 is 24.8 Å². The number of hydrogen-bond donors (Lipinski definition) is 2. The van der Waals surface area contributed by atoms with Gasteiger partial charge in [0, 0.05) is 57.1 Å². The van der Waals surface area contributed by atoms with E-state index in [1.54, 1.807) is 6.07 Å². The van der Waals surface area contributed by atoms with Crippen molar-refractivity contribution in [2.24, 2.45) is 5.92 Å². The van der Waals surface area contributed by atoms with Crippen LogP contribution < -0.4 is 10.1 Å². The topological polar surface area (TPSA) is 54.0 Å². The molecule has 1 atom stereocenters. The fraction of sp³-hybridized carbons (Fsp3) is 0.478. The van der Waals surface area contributed by atoms with Gasteiger partial charge < -0.3 is 19.9 Å². The number of nitrogens with zero attached hydrogens (tertiary/aromatic N) is 1. The first kappa shape index (κ1) is 24.8. The molecule has 30 heavy (non-hydrogen) atoms. The standard InChI is InChI=1S/C23H30N2O3.2ClH/c26-22-16-20(28-17-18-4-2-1-3-5-18)6-7-21(22)23(19-8-14-27-15-9-19)25-12-10-24-11-13-25;;/h1-7,16,19,23-24,26H,8-15,17H2;2*1H/t23-;;/m0../s1. The van der Waals surface area contributed by atoms with Gasteiger partial charge >= 0.3 is 0 Å². The molecule has 2 aliphatic heterocycles. The van der Waals surface area contributed by atoms with E-state index in [1.807, 2.05) is 36.4 Å². The molecule has 5 nitrogen and oxygen atoms in total. The molecule has 2 fully saturated rings. The second-order valence-corrected chi connectivity index (χ2v) is 7.68. The molecule has 166 valence electrons. The van der Waals surface area contributed by atoms with Gasteiger partial charge in [0.2, 0.25) is 0 Å². The maximum absolute atomic E-state index is 10.9. The first-order chi connectivity index (χ1) is 13.8. The lowest BCUT2D eigenvalue weighted by Gasteiger charge is -2.41. The predicted molar refractivity (Wildman–Crippen MR) is 124 cm³/mol. The Bertz CT molecular complexity index is 733. The highest BCUT2D eigenvalue weighted by Crippen LogP contribution is 2.40. The first-order valence-electron chi connectivity index (χ1n) is 10.3. The number of benzene rings is 2. The molecular formula is C23H32Cl2N2O3. The van der Waals surface area contributed by atoms with Gasteiger partial charge in [-0.25, -0.2) is 0 Å². The lowest BCUT2D eigenvalue weighted by atomic mass is 9.85.